The fraction of sp³-hybridized carbons (Fsp3) is 0.222. The van der Waals surface area contributed by atoms with Gasteiger partial charge in [0.05, 0.1) is 0 Å². The predicted molar refractivity (Wildman–Crippen MR) is 53.8 cm³/mol. The lowest BCUT2D eigenvalue weighted by Crippen LogP contribution is -2.09. The molecule has 1 aromatic rings. The van der Waals surface area contributed by atoms with Crippen molar-refractivity contribution in [3.8, 4) is 0 Å². The van der Waals surface area contributed by atoms with Crippen molar-refractivity contribution < 1.29 is 4.79 Å². The maximum Gasteiger partial charge on any atom is 0.217 e. The van der Waals surface area contributed by atoms with Gasteiger partial charge < -0.3 is 5.73 Å². The van der Waals surface area contributed by atoms with Gasteiger partial charge in [-0.1, -0.05) is 0 Å². The molecule has 1 aromatic heterocycles. The summed E-state index contributed by atoms with van der Waals surface area (Å²) in [5, 5.41) is 0. The van der Waals surface area contributed by atoms with Crippen LogP contribution in [0.5, 0.6) is 0 Å². The molecule has 4 heteroatoms. The summed E-state index contributed by atoms with van der Waals surface area (Å²) in [6.07, 6.45) is 4.73. The van der Waals surface area contributed by atoms with Gasteiger partial charge in [-0.2, -0.15) is 0 Å². The van der Waals surface area contributed by atoms with Crippen LogP contribution in [0.25, 0.3) is 0 Å². The summed E-state index contributed by atoms with van der Waals surface area (Å²) in [4.78, 5) is 14.4. The fourth-order valence-corrected chi connectivity index (χ4v) is 1.31. The van der Waals surface area contributed by atoms with Crippen LogP contribution < -0.4 is 5.73 Å². The van der Waals surface area contributed by atoms with Gasteiger partial charge in [-0.25, -0.2) is 4.98 Å². The van der Waals surface area contributed by atoms with Crippen LogP contribution in [0, 0.1) is 6.42 Å². The Hall–Kier alpha value is -0.900. The van der Waals surface area contributed by atoms with E-state index in [2.05, 4.69) is 20.9 Å². The van der Waals surface area contributed by atoms with Crippen molar-refractivity contribution in [1.82, 2.24) is 4.98 Å². The Balaban J connectivity index is 2.41. The Kier molecular flexibility index (Phi) is 3.89. The number of nitrogens with zero attached hydrogens (tertiary/aromatic N) is 1. The van der Waals surface area contributed by atoms with Crippen molar-refractivity contribution in [2.75, 3.05) is 0 Å². The molecule has 3 nitrogen and oxygen atoms in total. The van der Waals surface area contributed by atoms with Crippen LogP contribution >= 0.6 is 15.9 Å². The second-order valence-electron chi connectivity index (χ2n) is 2.62. The van der Waals surface area contributed by atoms with Gasteiger partial charge in [0.1, 0.15) is 4.60 Å². The molecular weight excluding hydrogens is 232 g/mol. The molecule has 13 heavy (non-hydrogen) atoms. The summed E-state index contributed by atoms with van der Waals surface area (Å²) >= 11 is 3.26. The van der Waals surface area contributed by atoms with Crippen LogP contribution in [0.2, 0.25) is 0 Å². The molecule has 0 unspecified atom stereocenters. The minimum Gasteiger partial charge on any atom is -0.370 e. The lowest BCUT2D eigenvalue weighted by atomic mass is 10.1. The molecule has 0 aromatic carbocycles. The van der Waals surface area contributed by atoms with Crippen LogP contribution in [0.1, 0.15) is 18.4 Å². The third-order valence-corrected chi connectivity index (χ3v) is 1.96. The molecule has 0 spiro atoms. The maximum atomic E-state index is 10.4. The number of pyridine rings is 1. The second kappa shape index (κ2) is 4.97. The van der Waals surface area contributed by atoms with E-state index in [4.69, 9.17) is 5.73 Å². The number of carbonyl (C=O) groups is 1. The highest BCUT2D eigenvalue weighted by atomic mass is 79.9. The molecule has 0 aliphatic rings. The van der Waals surface area contributed by atoms with Crippen LogP contribution in [0.4, 0.5) is 0 Å². The van der Waals surface area contributed by atoms with Gasteiger partial charge in [-0.15, -0.1) is 0 Å². The summed E-state index contributed by atoms with van der Waals surface area (Å²) in [6.45, 7) is 0. The number of rotatable bonds is 4. The quantitative estimate of drug-likeness (QED) is 0.816. The van der Waals surface area contributed by atoms with E-state index in [0.717, 1.165) is 10.2 Å². The molecule has 0 aliphatic carbocycles. The first kappa shape index (κ1) is 10.2. The van der Waals surface area contributed by atoms with E-state index in [1.807, 2.05) is 18.6 Å². The molecule has 0 fully saturated rings. The number of nitrogens with two attached hydrogens (primary N) is 1. The van der Waals surface area contributed by atoms with Crippen LogP contribution in [-0.4, -0.2) is 10.9 Å². The van der Waals surface area contributed by atoms with Crippen molar-refractivity contribution in [1.29, 1.82) is 0 Å². The zero-order valence-electron chi connectivity index (χ0n) is 7.03. The number of hydrogen-bond donors (Lipinski definition) is 1. The molecule has 2 N–H and O–H groups in total. The smallest absolute Gasteiger partial charge is 0.217 e. The number of hydrogen-bond acceptors (Lipinski definition) is 2. The van der Waals surface area contributed by atoms with Crippen molar-refractivity contribution in [3.05, 3.63) is 34.9 Å². The monoisotopic (exact) mass is 241 g/mol. The van der Waals surface area contributed by atoms with E-state index in [1.54, 1.807) is 6.20 Å². The van der Waals surface area contributed by atoms with Gasteiger partial charge in [0.25, 0.3) is 0 Å². The summed E-state index contributed by atoms with van der Waals surface area (Å²) in [7, 11) is 0. The van der Waals surface area contributed by atoms with E-state index in [9.17, 15) is 4.79 Å². The fourth-order valence-electron chi connectivity index (χ4n) is 0.926. The minimum atomic E-state index is -0.274. The zero-order valence-corrected chi connectivity index (χ0v) is 8.62. The first-order valence-corrected chi connectivity index (χ1v) is 4.71. The first-order chi connectivity index (χ1) is 6.18. The predicted octanol–water partition coefficient (Wildman–Crippen LogP) is 1.66. The molecule has 0 atom stereocenters. The van der Waals surface area contributed by atoms with Gasteiger partial charge >= 0.3 is 0 Å². The minimum absolute atomic E-state index is 0.274. The molecule has 1 radical (unpaired) electrons. The Morgan fingerprint density at radius 2 is 2.46 bits per heavy atom. The molecule has 1 amide bonds. The zero-order chi connectivity index (χ0) is 9.68. The first-order valence-electron chi connectivity index (χ1n) is 3.91. The van der Waals surface area contributed by atoms with Crippen molar-refractivity contribution in [3.63, 3.8) is 0 Å². The van der Waals surface area contributed by atoms with Gasteiger partial charge in [0.15, 0.2) is 0 Å². The van der Waals surface area contributed by atoms with Crippen LogP contribution in [0.3, 0.4) is 0 Å². The SMILES string of the molecule is NC(=O)CC[CH]c1ccnc(Br)c1. The second-order valence-corrected chi connectivity index (χ2v) is 3.43. The average molecular weight is 242 g/mol. The molecule has 0 saturated carbocycles. The number of aromatic nitrogens is 1. The van der Waals surface area contributed by atoms with E-state index in [1.165, 1.54) is 0 Å². The van der Waals surface area contributed by atoms with Crippen LogP contribution in [-0.2, 0) is 4.79 Å². The third-order valence-electron chi connectivity index (χ3n) is 1.52. The average Bonchev–Trinajstić information content (AvgIpc) is 2.03. The molecule has 1 rings (SSSR count). The van der Waals surface area contributed by atoms with Crippen molar-refractivity contribution >= 4 is 21.8 Å². The van der Waals surface area contributed by atoms with E-state index in [0.29, 0.717) is 12.8 Å². The summed E-state index contributed by atoms with van der Waals surface area (Å²) in [5.41, 5.74) is 6.05. The summed E-state index contributed by atoms with van der Waals surface area (Å²) < 4.78 is 0.792. The summed E-state index contributed by atoms with van der Waals surface area (Å²) in [5.74, 6) is -0.274. The Morgan fingerprint density at radius 3 is 3.08 bits per heavy atom. The molecule has 0 saturated heterocycles. The molecule has 0 bridgehead atoms. The number of primary amides is 1. The molecular formula is C9H10BrN2O. The third kappa shape index (κ3) is 4.03. The van der Waals surface area contributed by atoms with Crippen LogP contribution in [0.15, 0.2) is 22.9 Å². The van der Waals surface area contributed by atoms with E-state index in [-0.39, 0.29) is 5.91 Å². The van der Waals surface area contributed by atoms with Gasteiger partial charge in [-0.3, -0.25) is 4.79 Å². The van der Waals surface area contributed by atoms with Gasteiger partial charge in [0, 0.05) is 12.6 Å². The van der Waals surface area contributed by atoms with E-state index < -0.39 is 0 Å². The molecule has 0 aliphatic heterocycles. The molecule has 1 heterocycles. The highest BCUT2D eigenvalue weighted by Crippen LogP contribution is 2.11. The lowest BCUT2D eigenvalue weighted by molar-refractivity contribution is -0.117. The summed E-state index contributed by atoms with van der Waals surface area (Å²) in [6, 6.07) is 3.77. The van der Waals surface area contributed by atoms with Gasteiger partial charge in [0.2, 0.25) is 5.91 Å². The normalized spacial score (nSPS) is 9.92. The standard InChI is InChI=1S/C9H10BrN2O/c10-8-6-7(4-5-12-8)2-1-3-9(11)13/h2,4-6H,1,3H2,(H2,11,13). The Morgan fingerprint density at radius 1 is 1.69 bits per heavy atom. The van der Waals surface area contributed by atoms with Gasteiger partial charge in [-0.05, 0) is 46.5 Å². The largest absolute Gasteiger partial charge is 0.370 e. The number of halogens is 1. The van der Waals surface area contributed by atoms with E-state index >= 15 is 0 Å². The Labute approximate surface area is 85.5 Å². The highest BCUT2D eigenvalue weighted by Gasteiger charge is 1.97. The van der Waals surface area contributed by atoms with Crippen molar-refractivity contribution in [2.24, 2.45) is 5.73 Å². The maximum absolute atomic E-state index is 10.4. The highest BCUT2D eigenvalue weighted by molar-refractivity contribution is 9.10. The topological polar surface area (TPSA) is 56.0 Å². The Bertz CT molecular complexity index is 301. The lowest BCUT2D eigenvalue weighted by Gasteiger charge is -1.98. The molecule has 69 valence electrons. The van der Waals surface area contributed by atoms with Crippen molar-refractivity contribution in [2.45, 2.75) is 12.8 Å². The number of carbonyl (C=O) groups excluding carboxylic acids is 1. The number of amides is 1.